The Labute approximate surface area is 238 Å². The number of hydrogen-bond acceptors (Lipinski definition) is 7. The van der Waals surface area contributed by atoms with Gasteiger partial charge in [-0.2, -0.15) is 9.97 Å². The fourth-order valence-corrected chi connectivity index (χ4v) is 6.28. The summed E-state index contributed by atoms with van der Waals surface area (Å²) in [6.07, 6.45) is 11.2. The van der Waals surface area contributed by atoms with Crippen LogP contribution in [-0.4, -0.2) is 78.4 Å². The molecule has 1 N–H and O–H groups in total. The van der Waals surface area contributed by atoms with Crippen molar-refractivity contribution < 1.29 is 13.5 Å². The van der Waals surface area contributed by atoms with Gasteiger partial charge in [0.2, 0.25) is 0 Å². The third kappa shape index (κ3) is 5.42. The quantitative estimate of drug-likeness (QED) is 0.358. The van der Waals surface area contributed by atoms with Crippen LogP contribution in [0.2, 0.25) is 0 Å². The van der Waals surface area contributed by atoms with Crippen molar-refractivity contribution in [3.05, 3.63) is 54.0 Å². The fraction of sp³-hybridized carbons (Fsp3) is 0.406. The van der Waals surface area contributed by atoms with Crippen molar-refractivity contribution in [2.24, 2.45) is 0 Å². The van der Waals surface area contributed by atoms with Crippen LogP contribution in [0.4, 0.5) is 14.6 Å². The maximum Gasteiger partial charge on any atom is 0.318 e. The molecular weight excluding hydrogens is 522 g/mol. The molecular formula is C32H34F2N6O. The summed E-state index contributed by atoms with van der Waals surface area (Å²) in [6, 6.07) is 12.1. The average Bonchev–Trinajstić information content (AvgIpc) is 3.46. The number of rotatable bonds is 3. The molecule has 3 aliphatic rings. The Morgan fingerprint density at radius 2 is 1.93 bits per heavy atom. The van der Waals surface area contributed by atoms with Crippen LogP contribution in [0.15, 0.2) is 42.6 Å². The lowest BCUT2D eigenvalue weighted by atomic mass is 9.97. The van der Waals surface area contributed by atoms with Crippen molar-refractivity contribution in [3.8, 4) is 29.6 Å². The number of terminal acetylenes is 1. The fourth-order valence-electron chi connectivity index (χ4n) is 6.28. The minimum Gasteiger partial charge on any atom is -0.467 e. The molecule has 0 aliphatic carbocycles. The molecule has 5 heterocycles. The zero-order valence-electron chi connectivity index (χ0n) is 23.2. The highest BCUT2D eigenvalue weighted by atomic mass is 19.1. The third-order valence-corrected chi connectivity index (χ3v) is 8.24. The second kappa shape index (κ2) is 11.9. The third-order valence-electron chi connectivity index (χ3n) is 8.24. The Bertz CT molecular complexity index is 1580. The Balaban J connectivity index is 0.000000283. The van der Waals surface area contributed by atoms with E-state index >= 15 is 4.39 Å². The zero-order valence-corrected chi connectivity index (χ0v) is 23.2. The summed E-state index contributed by atoms with van der Waals surface area (Å²) in [5.41, 5.74) is 1.71. The Kier molecular flexibility index (Phi) is 7.95. The van der Waals surface area contributed by atoms with E-state index in [4.69, 9.17) is 11.2 Å². The number of hydrogen-bond donors (Lipinski definition) is 1. The molecule has 0 spiro atoms. The highest BCUT2D eigenvalue weighted by Gasteiger charge is 2.34. The lowest BCUT2D eigenvalue weighted by Crippen LogP contribution is -2.29. The molecule has 0 bridgehead atoms. The second-order valence-corrected chi connectivity index (χ2v) is 10.8. The predicted molar refractivity (Wildman–Crippen MR) is 159 cm³/mol. The van der Waals surface area contributed by atoms with Gasteiger partial charge in [0.05, 0.1) is 12.5 Å². The molecule has 2 atom stereocenters. The molecule has 0 amide bonds. The molecule has 2 aromatic carbocycles. The number of fused-ring (bicyclic) bond motifs is 3. The summed E-state index contributed by atoms with van der Waals surface area (Å²) < 4.78 is 33.9. The van der Waals surface area contributed by atoms with Crippen LogP contribution < -0.4 is 15.0 Å². The Morgan fingerprint density at radius 3 is 2.73 bits per heavy atom. The van der Waals surface area contributed by atoms with Crippen molar-refractivity contribution in [1.29, 1.82) is 0 Å². The first-order valence-corrected chi connectivity index (χ1v) is 14.3. The number of halogens is 2. The van der Waals surface area contributed by atoms with E-state index in [1.54, 1.807) is 6.20 Å². The van der Waals surface area contributed by atoms with E-state index in [2.05, 4.69) is 36.0 Å². The molecule has 41 heavy (non-hydrogen) atoms. The summed E-state index contributed by atoms with van der Waals surface area (Å²) >= 11 is 0. The van der Waals surface area contributed by atoms with Crippen LogP contribution in [0.5, 0.6) is 6.01 Å². The number of ether oxygens (including phenoxy) is 1. The molecule has 3 aliphatic heterocycles. The van der Waals surface area contributed by atoms with E-state index in [9.17, 15) is 4.39 Å². The molecule has 7 rings (SSSR count). The maximum absolute atomic E-state index is 16.0. The molecule has 0 saturated carbocycles. The first-order chi connectivity index (χ1) is 20.1. The lowest BCUT2D eigenvalue weighted by molar-refractivity contribution is 0.292. The zero-order chi connectivity index (χ0) is 28.3. The van der Waals surface area contributed by atoms with Crippen molar-refractivity contribution in [2.45, 2.75) is 37.9 Å². The average molecular weight is 557 g/mol. The minimum absolute atomic E-state index is 0.128. The number of methoxy groups -OCH3 is 1. The van der Waals surface area contributed by atoms with Gasteiger partial charge in [-0.25, -0.2) is 8.78 Å². The Morgan fingerprint density at radius 1 is 1.07 bits per heavy atom. The lowest BCUT2D eigenvalue weighted by Gasteiger charge is -2.23. The van der Waals surface area contributed by atoms with Crippen LogP contribution in [0.1, 0.15) is 31.2 Å². The van der Waals surface area contributed by atoms with Crippen LogP contribution in [0.3, 0.4) is 0 Å². The number of pyridine rings is 1. The van der Waals surface area contributed by atoms with Gasteiger partial charge < -0.3 is 15.0 Å². The number of benzene rings is 2. The van der Waals surface area contributed by atoms with Gasteiger partial charge in [-0.05, 0) is 50.2 Å². The predicted octanol–water partition coefficient (Wildman–Crippen LogP) is 4.97. The molecule has 3 fully saturated rings. The van der Waals surface area contributed by atoms with Crippen molar-refractivity contribution in [1.82, 2.24) is 25.2 Å². The van der Waals surface area contributed by atoms with Gasteiger partial charge in [-0.15, -0.1) is 6.42 Å². The van der Waals surface area contributed by atoms with Gasteiger partial charge >= 0.3 is 6.01 Å². The second-order valence-electron chi connectivity index (χ2n) is 10.8. The van der Waals surface area contributed by atoms with Gasteiger partial charge in [-0.1, -0.05) is 36.3 Å². The minimum atomic E-state index is -0.518. The summed E-state index contributed by atoms with van der Waals surface area (Å²) in [6.45, 7) is 5.18. The van der Waals surface area contributed by atoms with E-state index in [0.29, 0.717) is 34.9 Å². The first kappa shape index (κ1) is 27.3. The largest absolute Gasteiger partial charge is 0.467 e. The van der Waals surface area contributed by atoms with E-state index < -0.39 is 12.0 Å². The van der Waals surface area contributed by atoms with Gasteiger partial charge in [0.25, 0.3) is 0 Å². The monoisotopic (exact) mass is 556 g/mol. The van der Waals surface area contributed by atoms with Gasteiger partial charge in [0.1, 0.15) is 23.2 Å². The van der Waals surface area contributed by atoms with Gasteiger partial charge in [-0.3, -0.25) is 9.88 Å². The topological polar surface area (TPSA) is 66.4 Å². The van der Waals surface area contributed by atoms with Crippen LogP contribution in [0.25, 0.3) is 32.9 Å². The standard InChI is InChI=1S/C25H22FN5O.C7H12FN/c1-3-16-7-4-8-17-9-5-10-18(20(16)17)22-21(26)23-19(15-28-22)24(30-25(29-23)32-2)31-13-6-11-27-12-14-31;8-6-4-7-2-1-3-9(7)5-6/h1,4-5,7-10,15,27H,6,11-14H2,2H3;6-7H,1-5H2. The summed E-state index contributed by atoms with van der Waals surface area (Å²) in [7, 11) is 1.48. The molecule has 2 aromatic heterocycles. The van der Waals surface area contributed by atoms with Gasteiger partial charge in [0.15, 0.2) is 5.82 Å². The number of nitrogens with one attached hydrogen (secondary N) is 1. The number of anilines is 1. The number of alkyl halides is 1. The summed E-state index contributed by atoms with van der Waals surface area (Å²) in [5, 5.41) is 5.66. The molecule has 4 aromatic rings. The smallest absolute Gasteiger partial charge is 0.318 e. The SMILES string of the molecule is C#Cc1cccc2cccc(-c3ncc4c(N5CCCNCC5)nc(OC)nc4c3F)c12.FC1CC2CCCN2C1. The Hall–Kier alpha value is -3.87. The van der Waals surface area contributed by atoms with Crippen LogP contribution >= 0.6 is 0 Å². The highest BCUT2D eigenvalue weighted by Crippen LogP contribution is 2.36. The maximum atomic E-state index is 16.0. The van der Waals surface area contributed by atoms with Crippen LogP contribution in [0, 0.1) is 18.2 Å². The molecule has 212 valence electrons. The summed E-state index contributed by atoms with van der Waals surface area (Å²) in [4.78, 5) is 17.8. The van der Waals surface area contributed by atoms with Gasteiger partial charge in [0, 0.05) is 54.9 Å². The van der Waals surface area contributed by atoms with Crippen molar-refractivity contribution in [2.75, 3.05) is 51.3 Å². The van der Waals surface area contributed by atoms with E-state index in [1.807, 2.05) is 36.4 Å². The van der Waals surface area contributed by atoms with Crippen molar-refractivity contribution in [3.63, 3.8) is 0 Å². The number of aromatic nitrogens is 3. The van der Waals surface area contributed by atoms with Crippen molar-refractivity contribution >= 4 is 27.5 Å². The van der Waals surface area contributed by atoms with E-state index in [0.717, 1.165) is 56.3 Å². The summed E-state index contributed by atoms with van der Waals surface area (Å²) in [5.74, 6) is 2.82. The molecule has 3 saturated heterocycles. The first-order valence-electron chi connectivity index (χ1n) is 14.3. The number of nitrogens with zero attached hydrogens (tertiary/aromatic N) is 5. The molecule has 9 heteroatoms. The normalized spacial score (nSPS) is 20.8. The molecule has 7 nitrogen and oxygen atoms in total. The van der Waals surface area contributed by atoms with E-state index in [-0.39, 0.29) is 17.2 Å². The molecule has 2 unspecified atom stereocenters. The van der Waals surface area contributed by atoms with E-state index in [1.165, 1.54) is 20.0 Å². The highest BCUT2D eigenvalue weighted by molar-refractivity contribution is 6.01. The molecule has 0 radical (unpaired) electrons. The van der Waals surface area contributed by atoms with Crippen LogP contribution in [-0.2, 0) is 0 Å².